The Morgan fingerprint density at radius 1 is 0.295 bits per heavy atom. The molecule has 0 N–H and O–H groups in total. The molecular weight excluding hydrogens is 1080 g/mol. The van der Waals surface area contributed by atoms with Gasteiger partial charge in [-0.3, -0.25) is 0 Å². The average Bonchev–Trinajstić information content (AvgIpc) is 1.72. The minimum atomic E-state index is 0.407. The first-order chi connectivity index (χ1) is 43.5. The highest BCUT2D eigenvalue weighted by Crippen LogP contribution is 2.46. The van der Waals surface area contributed by atoms with Crippen LogP contribution in [0.25, 0.3) is 166 Å². The van der Waals surface area contributed by atoms with E-state index in [4.69, 9.17) is 23.8 Å². The highest BCUT2D eigenvalue weighted by Gasteiger charge is 2.26. The number of aromatic nitrogens is 5. The summed E-state index contributed by atoms with van der Waals surface area (Å²) < 4.78 is 18.2. The molecule has 0 bridgehead atoms. The van der Waals surface area contributed by atoms with Crippen molar-refractivity contribution in [3.63, 3.8) is 0 Å². The van der Waals surface area contributed by atoms with Gasteiger partial charge in [-0.1, -0.05) is 152 Å². The van der Waals surface area contributed by atoms with Crippen molar-refractivity contribution in [1.29, 1.82) is 15.8 Å². The Kier molecular flexibility index (Phi) is 11.2. The Labute approximate surface area is 502 Å². The maximum Gasteiger partial charge on any atom is 0.166 e. The van der Waals surface area contributed by atoms with Gasteiger partial charge in [-0.15, -0.1) is 0 Å². The third-order valence-electron chi connectivity index (χ3n) is 17.1. The van der Waals surface area contributed by atoms with Gasteiger partial charge < -0.3 is 18.0 Å². The maximum absolute atomic E-state index is 10.2. The van der Waals surface area contributed by atoms with Gasteiger partial charge in [0.05, 0.1) is 79.1 Å². The number of hydrogen-bond donors (Lipinski definition) is 0. The fraction of sp³-hybridized carbons (Fsp3) is 0. The van der Waals surface area contributed by atoms with Crippen LogP contribution in [0.3, 0.4) is 0 Å². The molecule has 0 unspecified atom stereocenters. The van der Waals surface area contributed by atoms with Gasteiger partial charge in [0.2, 0.25) is 0 Å². The lowest BCUT2D eigenvalue weighted by Gasteiger charge is -2.18. The van der Waals surface area contributed by atoms with E-state index >= 15 is 0 Å². The van der Waals surface area contributed by atoms with Crippen molar-refractivity contribution in [2.75, 3.05) is 0 Å². The summed E-state index contributed by atoms with van der Waals surface area (Å²) in [6.45, 7) is 0. The lowest BCUT2D eigenvalue weighted by atomic mass is 9.98. The van der Waals surface area contributed by atoms with Gasteiger partial charge >= 0.3 is 0 Å². The van der Waals surface area contributed by atoms with E-state index in [0.29, 0.717) is 45.3 Å². The Morgan fingerprint density at radius 3 is 1.24 bits per heavy atom. The molecule has 5 aromatic heterocycles. The van der Waals surface area contributed by atoms with Crippen molar-refractivity contribution in [3.05, 3.63) is 271 Å². The third kappa shape index (κ3) is 7.76. The van der Waals surface area contributed by atoms with Crippen LogP contribution in [0.5, 0.6) is 0 Å². The van der Waals surface area contributed by atoms with Crippen LogP contribution >= 0.6 is 0 Å². The van der Waals surface area contributed by atoms with Crippen LogP contribution < -0.4 is 0 Å². The summed E-state index contributed by atoms with van der Waals surface area (Å²) in [6.07, 6.45) is 0. The van der Waals surface area contributed by atoms with E-state index in [-0.39, 0.29) is 0 Å². The Bertz CT molecular complexity index is 5630. The van der Waals surface area contributed by atoms with E-state index in [1.807, 2.05) is 133 Å². The second-order valence-corrected chi connectivity index (χ2v) is 22.0. The van der Waals surface area contributed by atoms with Crippen molar-refractivity contribution in [1.82, 2.24) is 24.1 Å². The van der Waals surface area contributed by atoms with Crippen molar-refractivity contribution < 1.29 is 8.83 Å². The molecule has 0 aliphatic rings. The largest absolute Gasteiger partial charge is 0.455 e. The monoisotopic (exact) mass is 1120 g/mol. The number of hydrogen-bond acceptors (Lipinski definition) is 8. The lowest BCUT2D eigenvalue weighted by molar-refractivity contribution is 0.672. The minimum absolute atomic E-state index is 0.407. The molecule has 17 aromatic rings. The summed E-state index contributed by atoms with van der Waals surface area (Å²) in [5.74, 6) is 1.24. The summed E-state index contributed by atoms with van der Waals surface area (Å²) in [5, 5.41) is 38.5. The summed E-state index contributed by atoms with van der Waals surface area (Å²) in [5.41, 5.74) is 17.6. The highest BCUT2D eigenvalue weighted by molar-refractivity contribution is 6.25. The van der Waals surface area contributed by atoms with E-state index in [2.05, 4.69) is 149 Å². The van der Waals surface area contributed by atoms with Crippen LogP contribution in [0, 0.1) is 34.0 Å². The number of nitriles is 3. The van der Waals surface area contributed by atoms with Crippen molar-refractivity contribution in [2.45, 2.75) is 0 Å². The zero-order valence-corrected chi connectivity index (χ0v) is 46.6. The third-order valence-corrected chi connectivity index (χ3v) is 17.1. The quantitative estimate of drug-likeness (QED) is 0.146. The molecule has 17 rings (SSSR count). The van der Waals surface area contributed by atoms with Crippen LogP contribution in [0.2, 0.25) is 0 Å². The molecule has 0 saturated carbocycles. The van der Waals surface area contributed by atoms with Crippen molar-refractivity contribution in [2.24, 2.45) is 0 Å². The molecule has 0 spiro atoms. The number of para-hydroxylation sites is 4. The molecule has 12 aromatic carbocycles. The molecule has 0 amide bonds. The Morgan fingerprint density at radius 2 is 0.727 bits per heavy atom. The first-order valence-electron chi connectivity index (χ1n) is 28.8. The van der Waals surface area contributed by atoms with Gasteiger partial charge in [-0.05, 0) is 137 Å². The van der Waals surface area contributed by atoms with Crippen LogP contribution in [-0.4, -0.2) is 24.1 Å². The molecule has 10 nitrogen and oxygen atoms in total. The number of benzene rings is 12. The molecule has 0 radical (unpaired) electrons. The van der Waals surface area contributed by atoms with Crippen molar-refractivity contribution >= 4 is 87.5 Å². The summed E-state index contributed by atoms with van der Waals surface area (Å²) in [4.78, 5) is 16.7. The van der Waals surface area contributed by atoms with Crippen LogP contribution in [0.1, 0.15) is 16.7 Å². The molecule has 88 heavy (non-hydrogen) atoms. The molecule has 10 heteroatoms. The molecule has 0 aliphatic heterocycles. The van der Waals surface area contributed by atoms with Crippen molar-refractivity contribution in [3.8, 4) is 97.1 Å². The second kappa shape index (κ2) is 19.7. The Hall–Kier alpha value is -12.7. The minimum Gasteiger partial charge on any atom is -0.455 e. The van der Waals surface area contributed by atoms with E-state index in [1.54, 1.807) is 0 Å². The van der Waals surface area contributed by atoms with Gasteiger partial charge in [0.1, 0.15) is 22.3 Å². The van der Waals surface area contributed by atoms with Crippen LogP contribution in [-0.2, 0) is 0 Å². The van der Waals surface area contributed by atoms with Crippen LogP contribution in [0.4, 0.5) is 0 Å². The highest BCUT2D eigenvalue weighted by atomic mass is 16.3. The molecule has 0 saturated heterocycles. The zero-order valence-electron chi connectivity index (χ0n) is 46.6. The SMILES string of the molecule is N#Cc1cccc(-c2ccc(-c3nc(-c4ccc(-c5ccccc5C#N)cc4)nc(-c4ccc(-c5cccc(C#N)c5)cc4-n4c5ccccc5c5c6oc7ccccc7c6ccc54)n3)c(-n3c4ccccc4c4c5oc6ccccc6c5ccc43)c2)c1. The first kappa shape index (κ1) is 49.9. The molecular formula is C78H42N8O2. The second-order valence-electron chi connectivity index (χ2n) is 22.0. The number of fused-ring (bicyclic) bond motifs is 14. The number of furan rings is 2. The predicted octanol–water partition coefficient (Wildman–Crippen LogP) is 19.5. The van der Waals surface area contributed by atoms with E-state index in [0.717, 1.165) is 138 Å². The fourth-order valence-corrected chi connectivity index (χ4v) is 13.1. The molecule has 0 aliphatic carbocycles. The molecule has 0 atom stereocenters. The number of nitrogens with zero attached hydrogens (tertiary/aromatic N) is 8. The molecule has 406 valence electrons. The predicted molar refractivity (Wildman–Crippen MR) is 350 cm³/mol. The van der Waals surface area contributed by atoms with Crippen LogP contribution in [0.15, 0.2) is 264 Å². The van der Waals surface area contributed by atoms with Gasteiger partial charge in [-0.2, -0.15) is 15.8 Å². The van der Waals surface area contributed by atoms with Gasteiger partial charge in [0, 0.05) is 49.0 Å². The smallest absolute Gasteiger partial charge is 0.166 e. The van der Waals surface area contributed by atoms with Gasteiger partial charge in [0.25, 0.3) is 0 Å². The topological polar surface area (TPSA) is 146 Å². The number of rotatable bonds is 8. The van der Waals surface area contributed by atoms with Gasteiger partial charge in [-0.25, -0.2) is 15.0 Å². The van der Waals surface area contributed by atoms with E-state index in [9.17, 15) is 15.8 Å². The fourth-order valence-electron chi connectivity index (χ4n) is 13.1. The summed E-state index contributed by atoms with van der Waals surface area (Å²) in [7, 11) is 0. The van der Waals surface area contributed by atoms with E-state index in [1.165, 1.54) is 0 Å². The maximum atomic E-state index is 10.2. The normalized spacial score (nSPS) is 11.6. The first-order valence-corrected chi connectivity index (χ1v) is 28.8. The van der Waals surface area contributed by atoms with E-state index < -0.39 is 0 Å². The lowest BCUT2D eigenvalue weighted by Crippen LogP contribution is -2.06. The molecule has 5 heterocycles. The Balaban J connectivity index is 0.966. The summed E-state index contributed by atoms with van der Waals surface area (Å²) >= 11 is 0. The standard InChI is InChI=1S/C78H42N8O2/c79-43-46-13-11-16-50(39-46)52-31-33-62(68(41-52)85-64-23-7-3-21-60(64)72-66(85)37-35-58-56-19-5-9-25-70(56)87-74(58)72)77-82-76(49-29-27-48(28-30-49)55-18-2-1-15-54(55)45-81)83-78(84-77)63-34-32-53(51-17-12-14-47(40-51)44-80)42-69(63)86-65-24-8-4-22-61(65)73-67(86)38-36-59-57-20-6-10-26-71(57)88-75(59)73/h1-42H. The zero-order chi connectivity index (χ0) is 58.6. The molecule has 0 fully saturated rings. The van der Waals surface area contributed by atoms with Gasteiger partial charge in [0.15, 0.2) is 17.5 Å². The summed E-state index contributed by atoms with van der Waals surface area (Å²) in [6, 6.07) is 92.3. The average molecular weight is 1120 g/mol.